The molecule has 0 atom stereocenters. The molecular weight excluding hydrogens is 356 g/mol. The molecule has 0 saturated heterocycles. The first-order valence-electron chi connectivity index (χ1n) is 8.31. The molecule has 0 spiro atoms. The summed E-state index contributed by atoms with van der Waals surface area (Å²) >= 11 is 1.47. The van der Waals surface area contributed by atoms with E-state index in [0.29, 0.717) is 27.5 Å². The third kappa shape index (κ3) is 3.46. The lowest BCUT2D eigenvalue weighted by molar-refractivity contribution is 0.814. The molecule has 0 aliphatic rings. The molecule has 0 unspecified atom stereocenters. The lowest BCUT2D eigenvalue weighted by Gasteiger charge is -2.12. The van der Waals surface area contributed by atoms with E-state index < -0.39 is 0 Å². The van der Waals surface area contributed by atoms with Crippen LogP contribution in [0.2, 0.25) is 0 Å². The molecule has 2 aromatic heterocycles. The molecular formula is C21H14N4OS. The van der Waals surface area contributed by atoms with Crippen LogP contribution in [0.4, 0.5) is 0 Å². The third-order valence-electron chi connectivity index (χ3n) is 4.08. The molecule has 0 radical (unpaired) electrons. The molecule has 0 saturated carbocycles. The summed E-state index contributed by atoms with van der Waals surface area (Å²) in [5.74, 6) is 0.628. The summed E-state index contributed by atoms with van der Waals surface area (Å²) in [6.07, 6.45) is 1.64. The molecule has 4 rings (SSSR count). The van der Waals surface area contributed by atoms with Crippen molar-refractivity contribution in [3.05, 3.63) is 94.4 Å². The number of rotatable bonds is 4. The van der Waals surface area contributed by atoms with Crippen LogP contribution in [-0.4, -0.2) is 14.5 Å². The van der Waals surface area contributed by atoms with E-state index in [1.54, 1.807) is 35.0 Å². The van der Waals surface area contributed by atoms with Crippen LogP contribution in [0.3, 0.4) is 0 Å². The van der Waals surface area contributed by atoms with Gasteiger partial charge in [-0.3, -0.25) is 9.36 Å². The average molecular weight is 370 g/mol. The van der Waals surface area contributed by atoms with Gasteiger partial charge in [-0.2, -0.15) is 5.26 Å². The van der Waals surface area contributed by atoms with Crippen LogP contribution in [-0.2, 0) is 5.75 Å². The second-order valence-corrected chi connectivity index (χ2v) is 6.78. The highest BCUT2D eigenvalue weighted by Gasteiger charge is 2.14. The Hall–Kier alpha value is -3.43. The predicted octanol–water partition coefficient (Wildman–Crippen LogP) is 3.94. The monoisotopic (exact) mass is 370 g/mol. The summed E-state index contributed by atoms with van der Waals surface area (Å²) in [6.45, 7) is 0. The quantitative estimate of drug-likeness (QED) is 0.402. The number of thioether (sulfide) groups is 1. The second kappa shape index (κ2) is 7.44. The molecule has 0 aliphatic heterocycles. The standard InChI is InChI=1S/C21H14N4OS/c22-13-15-8-10-16(11-9-15)14-27-21-24-19-18(7-4-12-23-19)20(26)25(21)17-5-2-1-3-6-17/h1-12H,14H2. The molecule has 2 aromatic carbocycles. The fourth-order valence-corrected chi connectivity index (χ4v) is 3.68. The van der Waals surface area contributed by atoms with Gasteiger partial charge in [0.2, 0.25) is 0 Å². The van der Waals surface area contributed by atoms with Crippen LogP contribution in [0.25, 0.3) is 16.7 Å². The summed E-state index contributed by atoms with van der Waals surface area (Å²) in [4.78, 5) is 21.9. The van der Waals surface area contributed by atoms with Crippen molar-refractivity contribution in [2.75, 3.05) is 0 Å². The number of hydrogen-bond acceptors (Lipinski definition) is 5. The molecule has 0 N–H and O–H groups in total. The summed E-state index contributed by atoms with van der Waals surface area (Å²) in [6, 6.07) is 22.5. The number of hydrogen-bond donors (Lipinski definition) is 0. The van der Waals surface area contributed by atoms with E-state index in [1.165, 1.54) is 11.8 Å². The van der Waals surface area contributed by atoms with E-state index in [0.717, 1.165) is 11.3 Å². The minimum absolute atomic E-state index is 0.137. The first-order valence-corrected chi connectivity index (χ1v) is 9.30. The lowest BCUT2D eigenvalue weighted by Crippen LogP contribution is -2.22. The molecule has 5 nitrogen and oxygen atoms in total. The number of benzene rings is 2. The number of para-hydroxylation sites is 1. The summed E-state index contributed by atoms with van der Waals surface area (Å²) in [7, 11) is 0. The van der Waals surface area contributed by atoms with Crippen molar-refractivity contribution in [2.24, 2.45) is 0 Å². The average Bonchev–Trinajstić information content (AvgIpc) is 2.73. The van der Waals surface area contributed by atoms with E-state index >= 15 is 0 Å². The minimum Gasteiger partial charge on any atom is -0.268 e. The maximum Gasteiger partial charge on any atom is 0.268 e. The predicted molar refractivity (Wildman–Crippen MR) is 106 cm³/mol. The normalized spacial score (nSPS) is 10.6. The van der Waals surface area contributed by atoms with Crippen molar-refractivity contribution in [2.45, 2.75) is 10.9 Å². The fraction of sp³-hybridized carbons (Fsp3) is 0.0476. The zero-order chi connectivity index (χ0) is 18.6. The number of fused-ring (bicyclic) bond motifs is 1. The van der Waals surface area contributed by atoms with Crippen molar-refractivity contribution in [1.29, 1.82) is 5.26 Å². The lowest BCUT2D eigenvalue weighted by atomic mass is 10.2. The Balaban J connectivity index is 1.78. The highest BCUT2D eigenvalue weighted by molar-refractivity contribution is 7.98. The van der Waals surface area contributed by atoms with Gasteiger partial charge in [0.25, 0.3) is 5.56 Å². The topological polar surface area (TPSA) is 71.6 Å². The van der Waals surface area contributed by atoms with Crippen LogP contribution in [0.1, 0.15) is 11.1 Å². The maximum absolute atomic E-state index is 13.1. The molecule has 0 fully saturated rings. The summed E-state index contributed by atoms with van der Waals surface area (Å²) in [5.41, 5.74) is 2.74. The highest BCUT2D eigenvalue weighted by Crippen LogP contribution is 2.24. The van der Waals surface area contributed by atoms with Gasteiger partial charge in [0.1, 0.15) is 0 Å². The molecule has 6 heteroatoms. The first kappa shape index (κ1) is 17.0. The van der Waals surface area contributed by atoms with E-state index in [-0.39, 0.29) is 5.56 Å². The molecule has 2 heterocycles. The Morgan fingerprint density at radius 1 is 1.00 bits per heavy atom. The van der Waals surface area contributed by atoms with E-state index in [1.807, 2.05) is 42.5 Å². The third-order valence-corrected chi connectivity index (χ3v) is 5.09. The van der Waals surface area contributed by atoms with E-state index in [2.05, 4.69) is 16.0 Å². The van der Waals surface area contributed by atoms with Crippen molar-refractivity contribution >= 4 is 22.8 Å². The minimum atomic E-state index is -0.137. The fourth-order valence-electron chi connectivity index (χ4n) is 2.73. The Kier molecular flexibility index (Phi) is 4.69. The maximum atomic E-state index is 13.1. The smallest absolute Gasteiger partial charge is 0.268 e. The SMILES string of the molecule is N#Cc1ccc(CSc2nc3ncccc3c(=O)n2-c2ccccc2)cc1. The van der Waals surface area contributed by atoms with E-state index in [4.69, 9.17) is 5.26 Å². The largest absolute Gasteiger partial charge is 0.268 e. The van der Waals surface area contributed by atoms with Gasteiger partial charge in [-0.1, -0.05) is 42.1 Å². The van der Waals surface area contributed by atoms with Crippen LogP contribution in [0.15, 0.2) is 82.9 Å². The van der Waals surface area contributed by atoms with Gasteiger partial charge < -0.3 is 0 Å². The number of pyridine rings is 1. The van der Waals surface area contributed by atoms with Gasteiger partial charge in [0, 0.05) is 11.9 Å². The van der Waals surface area contributed by atoms with Gasteiger partial charge >= 0.3 is 0 Å². The van der Waals surface area contributed by atoms with Crippen LogP contribution < -0.4 is 5.56 Å². The number of nitriles is 1. The Morgan fingerprint density at radius 3 is 2.52 bits per heavy atom. The van der Waals surface area contributed by atoms with Gasteiger partial charge in [-0.15, -0.1) is 0 Å². The van der Waals surface area contributed by atoms with E-state index in [9.17, 15) is 4.79 Å². The summed E-state index contributed by atoms with van der Waals surface area (Å²) < 4.78 is 1.62. The molecule has 130 valence electrons. The number of nitrogens with zero attached hydrogens (tertiary/aromatic N) is 4. The van der Waals surface area contributed by atoms with Crippen molar-refractivity contribution < 1.29 is 0 Å². The van der Waals surface area contributed by atoms with Crippen LogP contribution in [0.5, 0.6) is 0 Å². The Labute approximate surface area is 160 Å². The Morgan fingerprint density at radius 2 is 1.78 bits per heavy atom. The second-order valence-electron chi connectivity index (χ2n) is 5.84. The zero-order valence-corrected chi connectivity index (χ0v) is 15.1. The number of aromatic nitrogens is 3. The first-order chi connectivity index (χ1) is 13.3. The molecule has 0 aliphatic carbocycles. The van der Waals surface area contributed by atoms with Crippen LogP contribution >= 0.6 is 11.8 Å². The Bertz CT molecular complexity index is 1200. The van der Waals surface area contributed by atoms with Gasteiger partial charge in [0.05, 0.1) is 22.7 Å². The van der Waals surface area contributed by atoms with Crippen molar-refractivity contribution in [1.82, 2.24) is 14.5 Å². The van der Waals surface area contributed by atoms with Gasteiger partial charge in [0.15, 0.2) is 10.8 Å². The molecule has 0 bridgehead atoms. The van der Waals surface area contributed by atoms with Crippen molar-refractivity contribution in [3.63, 3.8) is 0 Å². The zero-order valence-electron chi connectivity index (χ0n) is 14.2. The van der Waals surface area contributed by atoms with Gasteiger partial charge in [-0.25, -0.2) is 9.97 Å². The van der Waals surface area contributed by atoms with Gasteiger partial charge in [-0.05, 0) is 42.0 Å². The molecule has 27 heavy (non-hydrogen) atoms. The van der Waals surface area contributed by atoms with Crippen LogP contribution in [0, 0.1) is 11.3 Å². The molecule has 4 aromatic rings. The van der Waals surface area contributed by atoms with Crippen molar-refractivity contribution in [3.8, 4) is 11.8 Å². The molecule has 0 amide bonds. The summed E-state index contributed by atoms with van der Waals surface area (Å²) in [5, 5.41) is 9.99. The highest BCUT2D eigenvalue weighted by atomic mass is 32.2.